The second-order valence-corrected chi connectivity index (χ2v) is 8.05. The minimum Gasteiger partial charge on any atom is -0.198 e. The maximum absolute atomic E-state index is 8.65. The smallest absolute Gasteiger partial charge is 0.198 e. The molecule has 3 aromatic rings. The maximum Gasteiger partial charge on any atom is 0.220 e. The van der Waals surface area contributed by atoms with Crippen molar-refractivity contribution in [1.29, 1.82) is 0 Å². The molecular weight excluding hydrogens is 290 g/mol. The molecule has 24 heavy (non-hydrogen) atoms. The van der Waals surface area contributed by atoms with Gasteiger partial charge in [0.25, 0.3) is 0 Å². The van der Waals surface area contributed by atoms with E-state index in [1.807, 2.05) is 6.92 Å². The zero-order chi connectivity index (χ0) is 18.4. The number of hydrogen-bond acceptors (Lipinski definition) is 0. The monoisotopic (exact) mass is 319 g/mol. The van der Waals surface area contributed by atoms with E-state index in [0.717, 1.165) is 22.9 Å². The van der Waals surface area contributed by atoms with Crippen molar-refractivity contribution in [3.8, 4) is 11.3 Å². The molecule has 0 aliphatic carbocycles. The van der Waals surface area contributed by atoms with Crippen LogP contribution < -0.4 is 4.57 Å². The Kier molecular flexibility index (Phi) is 3.88. The number of benzene rings is 2. The minimum atomic E-state index is 0.239. The first-order valence-corrected chi connectivity index (χ1v) is 8.67. The molecule has 0 aliphatic heterocycles. The van der Waals surface area contributed by atoms with Gasteiger partial charge in [0, 0.05) is 18.5 Å². The molecule has 0 spiro atoms. The largest absolute Gasteiger partial charge is 0.220 e. The highest BCUT2D eigenvalue weighted by molar-refractivity contribution is 5.94. The van der Waals surface area contributed by atoms with Crippen LogP contribution in [0.4, 0.5) is 0 Å². The highest BCUT2D eigenvalue weighted by atomic mass is 14.9. The van der Waals surface area contributed by atoms with E-state index in [1.54, 1.807) is 0 Å². The average Bonchev–Trinajstić information content (AvgIpc) is 2.53. The van der Waals surface area contributed by atoms with Gasteiger partial charge in [-0.25, -0.2) is 0 Å². The Hall–Kier alpha value is -2.15. The van der Waals surface area contributed by atoms with Crippen LogP contribution in [0.2, 0.25) is 0 Å². The first kappa shape index (κ1) is 15.4. The van der Waals surface area contributed by atoms with Crippen LogP contribution in [0.1, 0.15) is 39.0 Å². The number of aromatic nitrogens is 1. The molecule has 0 fully saturated rings. The van der Waals surface area contributed by atoms with Crippen molar-refractivity contribution in [2.45, 2.75) is 41.0 Å². The van der Waals surface area contributed by atoms with E-state index in [4.69, 9.17) is 1.37 Å². The van der Waals surface area contributed by atoms with Crippen LogP contribution >= 0.6 is 0 Å². The van der Waals surface area contributed by atoms with E-state index >= 15 is 0 Å². The number of rotatable bonds is 2. The van der Waals surface area contributed by atoms with Crippen LogP contribution in [0.25, 0.3) is 22.0 Å². The van der Waals surface area contributed by atoms with Crippen LogP contribution in [0, 0.1) is 19.3 Å². The summed E-state index contributed by atoms with van der Waals surface area (Å²) in [6.45, 7) is 11.0. The van der Waals surface area contributed by atoms with E-state index in [2.05, 4.69) is 81.8 Å². The number of pyridine rings is 1. The SMILES string of the molecule is [2H]c1c(C)[n+](C)c(-c2ccccc2C)c2ccc(CC(C)(C)C)cc12. The molecule has 2 aromatic carbocycles. The van der Waals surface area contributed by atoms with Crippen molar-refractivity contribution < 1.29 is 5.94 Å². The molecular formula is C23H28N+. The molecule has 124 valence electrons. The molecule has 1 heteroatoms. The Balaban J connectivity index is 2.33. The molecule has 0 saturated carbocycles. The van der Waals surface area contributed by atoms with Crippen LogP contribution in [0.5, 0.6) is 0 Å². The lowest BCUT2D eigenvalue weighted by atomic mass is 9.87. The maximum atomic E-state index is 8.65. The van der Waals surface area contributed by atoms with Gasteiger partial charge >= 0.3 is 0 Å². The summed E-state index contributed by atoms with van der Waals surface area (Å²) in [5, 5.41) is 2.21. The Morgan fingerprint density at radius 2 is 1.75 bits per heavy atom. The summed E-state index contributed by atoms with van der Waals surface area (Å²) in [5.41, 5.74) is 6.24. The van der Waals surface area contributed by atoms with Crippen molar-refractivity contribution in [2.24, 2.45) is 12.5 Å². The number of hydrogen-bond donors (Lipinski definition) is 0. The molecule has 0 aliphatic rings. The van der Waals surface area contributed by atoms with Gasteiger partial charge in [0.2, 0.25) is 5.69 Å². The summed E-state index contributed by atoms with van der Waals surface area (Å²) >= 11 is 0. The lowest BCUT2D eigenvalue weighted by molar-refractivity contribution is -0.665. The summed E-state index contributed by atoms with van der Waals surface area (Å²) < 4.78 is 10.8. The van der Waals surface area contributed by atoms with E-state index in [0.29, 0.717) is 6.04 Å². The second-order valence-electron chi connectivity index (χ2n) is 8.05. The van der Waals surface area contributed by atoms with Crippen LogP contribution in [-0.2, 0) is 13.5 Å². The van der Waals surface area contributed by atoms with Gasteiger partial charge in [0.05, 0.1) is 6.76 Å². The Morgan fingerprint density at radius 3 is 2.42 bits per heavy atom. The second kappa shape index (κ2) is 6.05. The van der Waals surface area contributed by atoms with Crippen molar-refractivity contribution in [3.63, 3.8) is 0 Å². The van der Waals surface area contributed by atoms with Gasteiger partial charge in [-0.15, -0.1) is 0 Å². The van der Waals surface area contributed by atoms with Crippen molar-refractivity contribution in [1.82, 2.24) is 0 Å². The molecule has 3 rings (SSSR count). The molecule has 0 bridgehead atoms. The lowest BCUT2D eigenvalue weighted by Gasteiger charge is -2.18. The third kappa shape index (κ3) is 3.21. The van der Waals surface area contributed by atoms with Crippen LogP contribution in [0.3, 0.4) is 0 Å². The van der Waals surface area contributed by atoms with E-state index in [9.17, 15) is 0 Å². The average molecular weight is 319 g/mol. The molecule has 0 N–H and O–H groups in total. The van der Waals surface area contributed by atoms with Crippen molar-refractivity contribution in [3.05, 3.63) is 65.3 Å². The summed E-state index contributed by atoms with van der Waals surface area (Å²) in [5.74, 6) is 0. The highest BCUT2D eigenvalue weighted by Crippen LogP contribution is 2.30. The summed E-state index contributed by atoms with van der Waals surface area (Å²) in [6, 6.07) is 15.8. The van der Waals surface area contributed by atoms with Crippen molar-refractivity contribution >= 4 is 10.8 Å². The first-order valence-electron chi connectivity index (χ1n) is 9.17. The highest BCUT2D eigenvalue weighted by Gasteiger charge is 2.20. The van der Waals surface area contributed by atoms with E-state index < -0.39 is 0 Å². The fourth-order valence-electron chi connectivity index (χ4n) is 3.42. The molecule has 0 radical (unpaired) electrons. The van der Waals surface area contributed by atoms with Gasteiger partial charge in [-0.1, -0.05) is 51.1 Å². The van der Waals surface area contributed by atoms with Gasteiger partial charge in [0.1, 0.15) is 7.05 Å². The van der Waals surface area contributed by atoms with Crippen LogP contribution in [0.15, 0.2) is 48.5 Å². The van der Waals surface area contributed by atoms with Crippen molar-refractivity contribution in [2.75, 3.05) is 0 Å². The third-order valence-electron chi connectivity index (χ3n) is 4.63. The molecule has 1 nitrogen and oxygen atoms in total. The quantitative estimate of drug-likeness (QED) is 0.546. The lowest BCUT2D eigenvalue weighted by Crippen LogP contribution is -2.35. The summed E-state index contributed by atoms with van der Waals surface area (Å²) in [4.78, 5) is 0. The van der Waals surface area contributed by atoms with Gasteiger partial charge in [-0.3, -0.25) is 0 Å². The van der Waals surface area contributed by atoms with Gasteiger partial charge in [-0.2, -0.15) is 4.57 Å². The zero-order valence-electron chi connectivity index (χ0n) is 16.7. The Labute approximate surface area is 147 Å². The number of nitrogens with zero attached hydrogens (tertiary/aromatic N) is 1. The first-order chi connectivity index (χ1) is 11.7. The standard InChI is InChI=1S/C23H28N/c1-16-9-7-8-10-20(16)22-21-12-11-18(15-23(3,4)5)14-19(21)13-17(2)24(22)6/h7-14H,15H2,1-6H3/q+1/i13D. The van der Waals surface area contributed by atoms with Crippen LogP contribution in [-0.4, -0.2) is 0 Å². The van der Waals surface area contributed by atoms with E-state index in [1.165, 1.54) is 22.4 Å². The predicted octanol–water partition coefficient (Wildman–Crippen LogP) is 5.54. The number of aryl methyl sites for hydroxylation is 1. The zero-order valence-corrected chi connectivity index (χ0v) is 15.7. The Bertz CT molecular complexity index is 948. The number of fused-ring (bicyclic) bond motifs is 1. The summed E-state index contributed by atoms with van der Waals surface area (Å²) in [6.07, 6.45) is 1.02. The van der Waals surface area contributed by atoms with Gasteiger partial charge < -0.3 is 0 Å². The van der Waals surface area contributed by atoms with Gasteiger partial charge in [-0.05, 0) is 47.4 Å². The Morgan fingerprint density at radius 1 is 1.04 bits per heavy atom. The summed E-state index contributed by atoms with van der Waals surface area (Å²) in [7, 11) is 2.07. The molecule has 0 atom stereocenters. The topological polar surface area (TPSA) is 3.88 Å². The normalized spacial score (nSPS) is 12.5. The third-order valence-corrected chi connectivity index (χ3v) is 4.63. The minimum absolute atomic E-state index is 0.239. The molecule has 0 unspecified atom stereocenters. The van der Waals surface area contributed by atoms with Gasteiger partial charge in [0.15, 0.2) is 5.69 Å². The molecule has 0 saturated heterocycles. The van der Waals surface area contributed by atoms with E-state index in [-0.39, 0.29) is 5.41 Å². The predicted molar refractivity (Wildman–Crippen MR) is 103 cm³/mol. The fraction of sp³-hybridized carbons (Fsp3) is 0.348. The fourth-order valence-corrected chi connectivity index (χ4v) is 3.42. The molecule has 1 heterocycles. The molecule has 0 amide bonds. The molecule has 1 aromatic heterocycles.